The number of benzene rings is 1. The third kappa shape index (κ3) is 1.72. The molecule has 0 saturated heterocycles. The zero-order chi connectivity index (χ0) is 8.97. The van der Waals surface area contributed by atoms with E-state index >= 15 is 0 Å². The molecule has 0 atom stereocenters. The zero-order valence-electron chi connectivity index (χ0n) is 6.49. The summed E-state index contributed by atoms with van der Waals surface area (Å²) in [4.78, 5) is 0. The van der Waals surface area contributed by atoms with Crippen molar-refractivity contribution in [3.8, 4) is 5.75 Å². The van der Waals surface area contributed by atoms with Gasteiger partial charge in [0.15, 0.2) is 0 Å². The lowest BCUT2D eigenvalue weighted by Gasteiger charge is -2.02. The smallest absolute Gasteiger partial charge is 0.127 e. The maximum absolute atomic E-state index is 12.6. The highest BCUT2D eigenvalue weighted by Gasteiger charge is 2.01. The van der Waals surface area contributed by atoms with Crippen molar-refractivity contribution in [2.45, 2.75) is 0 Å². The van der Waals surface area contributed by atoms with Crippen LogP contribution in [0.15, 0.2) is 23.4 Å². The van der Waals surface area contributed by atoms with Crippen LogP contribution >= 0.6 is 0 Å². The van der Waals surface area contributed by atoms with Crippen molar-refractivity contribution < 1.29 is 14.3 Å². The highest BCUT2D eigenvalue weighted by atomic mass is 19.1. The molecule has 12 heavy (non-hydrogen) atoms. The predicted molar refractivity (Wildman–Crippen MR) is 42.3 cm³/mol. The molecule has 0 aliphatic rings. The number of hydrogen-bond acceptors (Lipinski definition) is 3. The van der Waals surface area contributed by atoms with Gasteiger partial charge in [-0.1, -0.05) is 5.16 Å². The highest BCUT2D eigenvalue weighted by Crippen LogP contribution is 2.16. The van der Waals surface area contributed by atoms with Crippen molar-refractivity contribution in [1.29, 1.82) is 0 Å². The van der Waals surface area contributed by atoms with Crippen LogP contribution in [0.3, 0.4) is 0 Å². The Hall–Kier alpha value is -1.58. The normalized spacial score (nSPS) is 10.5. The largest absolute Gasteiger partial charge is 0.496 e. The van der Waals surface area contributed by atoms with E-state index in [0.29, 0.717) is 11.3 Å². The standard InChI is InChI=1S/C8H8FNO2/c1-12-8-3-2-7(9)4-6(8)5-10-11/h2-5,11H,1H3. The summed E-state index contributed by atoms with van der Waals surface area (Å²) in [7, 11) is 1.46. The predicted octanol–water partition coefficient (Wildman–Crippen LogP) is 1.64. The molecule has 64 valence electrons. The van der Waals surface area contributed by atoms with Gasteiger partial charge in [-0.15, -0.1) is 0 Å². The van der Waals surface area contributed by atoms with Gasteiger partial charge in [-0.2, -0.15) is 0 Å². The Morgan fingerprint density at radius 2 is 2.33 bits per heavy atom. The second-order valence-electron chi connectivity index (χ2n) is 2.13. The number of hydrogen-bond donors (Lipinski definition) is 1. The quantitative estimate of drug-likeness (QED) is 0.415. The van der Waals surface area contributed by atoms with Gasteiger partial charge in [0, 0.05) is 5.56 Å². The summed E-state index contributed by atoms with van der Waals surface area (Å²) >= 11 is 0. The van der Waals surface area contributed by atoms with Crippen LogP contribution in [0.1, 0.15) is 5.56 Å². The Kier molecular flexibility index (Phi) is 2.63. The van der Waals surface area contributed by atoms with Gasteiger partial charge in [-0.25, -0.2) is 4.39 Å². The van der Waals surface area contributed by atoms with E-state index in [0.717, 1.165) is 6.21 Å². The van der Waals surface area contributed by atoms with Crippen molar-refractivity contribution in [2.75, 3.05) is 7.11 Å². The van der Waals surface area contributed by atoms with E-state index in [4.69, 9.17) is 9.94 Å². The lowest BCUT2D eigenvalue weighted by Crippen LogP contribution is -1.91. The molecule has 0 aliphatic heterocycles. The fourth-order valence-electron chi connectivity index (χ4n) is 0.868. The third-order valence-corrected chi connectivity index (χ3v) is 1.39. The molecular weight excluding hydrogens is 161 g/mol. The monoisotopic (exact) mass is 169 g/mol. The summed E-state index contributed by atoms with van der Waals surface area (Å²) in [5.74, 6) is 0.0694. The topological polar surface area (TPSA) is 41.8 Å². The Morgan fingerprint density at radius 3 is 2.92 bits per heavy atom. The number of halogens is 1. The summed E-state index contributed by atoms with van der Waals surface area (Å²) in [5.41, 5.74) is 0.403. The van der Waals surface area contributed by atoms with Gasteiger partial charge in [-0.05, 0) is 18.2 Å². The number of rotatable bonds is 2. The molecule has 1 aromatic rings. The van der Waals surface area contributed by atoms with Gasteiger partial charge in [0.05, 0.1) is 13.3 Å². The number of ether oxygens (including phenoxy) is 1. The van der Waals surface area contributed by atoms with Gasteiger partial charge >= 0.3 is 0 Å². The van der Waals surface area contributed by atoms with E-state index in [2.05, 4.69) is 5.16 Å². The minimum Gasteiger partial charge on any atom is -0.496 e. The molecule has 1 N–H and O–H groups in total. The second-order valence-corrected chi connectivity index (χ2v) is 2.13. The number of nitrogens with zero attached hydrogens (tertiary/aromatic N) is 1. The van der Waals surface area contributed by atoms with Crippen LogP contribution in [0.25, 0.3) is 0 Å². The van der Waals surface area contributed by atoms with E-state index < -0.39 is 5.82 Å². The van der Waals surface area contributed by atoms with E-state index in [9.17, 15) is 4.39 Å². The minimum absolute atomic E-state index is 0.397. The van der Waals surface area contributed by atoms with Gasteiger partial charge in [0.25, 0.3) is 0 Å². The van der Waals surface area contributed by atoms with Crippen molar-refractivity contribution in [1.82, 2.24) is 0 Å². The van der Waals surface area contributed by atoms with Gasteiger partial charge in [-0.3, -0.25) is 0 Å². The van der Waals surface area contributed by atoms with Crippen molar-refractivity contribution >= 4 is 6.21 Å². The molecule has 0 spiro atoms. The molecule has 0 aliphatic carbocycles. The van der Waals surface area contributed by atoms with Crippen LogP contribution in [-0.2, 0) is 0 Å². The van der Waals surface area contributed by atoms with E-state index in [1.165, 1.54) is 25.3 Å². The Bertz CT molecular complexity index is 299. The summed E-state index contributed by atoms with van der Waals surface area (Å²) in [6.45, 7) is 0. The summed E-state index contributed by atoms with van der Waals surface area (Å²) in [5, 5.41) is 11.0. The lowest BCUT2D eigenvalue weighted by atomic mass is 10.2. The fourth-order valence-corrected chi connectivity index (χ4v) is 0.868. The first-order valence-corrected chi connectivity index (χ1v) is 3.29. The molecule has 0 aromatic heterocycles. The molecular formula is C8H8FNO2. The van der Waals surface area contributed by atoms with Gasteiger partial charge < -0.3 is 9.94 Å². The number of oxime groups is 1. The lowest BCUT2D eigenvalue weighted by molar-refractivity contribution is 0.321. The molecule has 0 saturated carbocycles. The van der Waals surface area contributed by atoms with E-state index in [1.54, 1.807) is 0 Å². The van der Waals surface area contributed by atoms with Crippen LogP contribution < -0.4 is 4.74 Å². The first-order chi connectivity index (χ1) is 5.77. The van der Waals surface area contributed by atoms with Crippen LogP contribution in [0, 0.1) is 5.82 Å². The van der Waals surface area contributed by atoms with Crippen molar-refractivity contribution in [2.24, 2.45) is 5.16 Å². The Morgan fingerprint density at radius 1 is 1.58 bits per heavy atom. The average Bonchev–Trinajstić information content (AvgIpc) is 2.05. The molecule has 1 rings (SSSR count). The van der Waals surface area contributed by atoms with Crippen LogP contribution in [0.4, 0.5) is 4.39 Å². The van der Waals surface area contributed by atoms with Crippen molar-refractivity contribution in [3.63, 3.8) is 0 Å². The van der Waals surface area contributed by atoms with Gasteiger partial charge in [0.1, 0.15) is 11.6 Å². The first kappa shape index (κ1) is 8.52. The van der Waals surface area contributed by atoms with Crippen LogP contribution in [-0.4, -0.2) is 18.5 Å². The summed E-state index contributed by atoms with van der Waals surface area (Å²) in [6.07, 6.45) is 1.11. The molecule has 0 fully saturated rings. The molecule has 4 heteroatoms. The van der Waals surface area contributed by atoms with Gasteiger partial charge in [0.2, 0.25) is 0 Å². The maximum Gasteiger partial charge on any atom is 0.127 e. The SMILES string of the molecule is COc1ccc(F)cc1C=NO. The zero-order valence-corrected chi connectivity index (χ0v) is 6.49. The Balaban J connectivity index is 3.12. The molecule has 0 unspecified atom stereocenters. The van der Waals surface area contributed by atoms with Crippen LogP contribution in [0.5, 0.6) is 5.75 Å². The van der Waals surface area contributed by atoms with Crippen molar-refractivity contribution in [3.05, 3.63) is 29.6 Å². The average molecular weight is 169 g/mol. The molecule has 0 bridgehead atoms. The minimum atomic E-state index is -0.397. The van der Waals surface area contributed by atoms with Crippen LogP contribution in [0.2, 0.25) is 0 Å². The summed E-state index contributed by atoms with van der Waals surface area (Å²) in [6, 6.07) is 3.96. The fraction of sp³-hybridized carbons (Fsp3) is 0.125. The third-order valence-electron chi connectivity index (χ3n) is 1.39. The highest BCUT2D eigenvalue weighted by molar-refractivity contribution is 5.82. The molecule has 0 radical (unpaired) electrons. The molecule has 3 nitrogen and oxygen atoms in total. The molecule has 1 aromatic carbocycles. The number of methoxy groups -OCH3 is 1. The second kappa shape index (κ2) is 3.71. The Labute approximate surface area is 69.1 Å². The molecule has 0 amide bonds. The van der Waals surface area contributed by atoms with E-state index in [-0.39, 0.29) is 0 Å². The first-order valence-electron chi connectivity index (χ1n) is 3.29. The van der Waals surface area contributed by atoms with E-state index in [1.807, 2.05) is 0 Å². The molecule has 0 heterocycles. The summed E-state index contributed by atoms with van der Waals surface area (Å²) < 4.78 is 17.5. The maximum atomic E-state index is 12.6.